The molecule has 2 aromatic rings. The summed E-state index contributed by atoms with van der Waals surface area (Å²) in [5, 5.41) is 0. The van der Waals surface area contributed by atoms with Crippen LogP contribution in [0.15, 0.2) is 48.6 Å². The summed E-state index contributed by atoms with van der Waals surface area (Å²) in [4.78, 5) is 0. The van der Waals surface area contributed by atoms with Gasteiger partial charge in [-0.15, -0.1) is 0 Å². The molecule has 0 spiro atoms. The van der Waals surface area contributed by atoms with Crippen molar-refractivity contribution in [3.63, 3.8) is 0 Å². The van der Waals surface area contributed by atoms with Gasteiger partial charge in [-0.3, -0.25) is 0 Å². The van der Waals surface area contributed by atoms with E-state index >= 15 is 0 Å². The van der Waals surface area contributed by atoms with E-state index in [0.29, 0.717) is 42.7 Å². The Morgan fingerprint density at radius 1 is 0.592 bits per heavy atom. The first kappa shape index (κ1) is 33.6. The molecule has 4 fully saturated rings. The Bertz CT molecular complexity index is 1390. The second-order valence-electron chi connectivity index (χ2n) is 16.9. The minimum Gasteiger partial charge on any atom is -0.490 e. The summed E-state index contributed by atoms with van der Waals surface area (Å²) >= 11 is 0. The fourth-order valence-electron chi connectivity index (χ4n) is 9.80. The van der Waals surface area contributed by atoms with E-state index in [1.165, 1.54) is 125 Å². The molecule has 2 saturated carbocycles. The van der Waals surface area contributed by atoms with E-state index < -0.39 is 0 Å². The molecule has 2 aromatic carbocycles. The highest BCUT2D eigenvalue weighted by Gasteiger charge is 2.38. The van der Waals surface area contributed by atoms with Gasteiger partial charge in [-0.05, 0) is 151 Å². The average molecular weight is 665 g/mol. The highest BCUT2D eigenvalue weighted by Crippen LogP contribution is 2.50. The van der Waals surface area contributed by atoms with Crippen molar-refractivity contribution in [2.45, 2.75) is 141 Å². The Labute approximate surface area is 296 Å². The lowest BCUT2D eigenvalue weighted by molar-refractivity contribution is 0.0991. The molecule has 49 heavy (non-hydrogen) atoms. The van der Waals surface area contributed by atoms with E-state index in [9.17, 15) is 0 Å². The van der Waals surface area contributed by atoms with Crippen molar-refractivity contribution in [1.82, 2.24) is 0 Å². The van der Waals surface area contributed by atoms with Gasteiger partial charge in [0.15, 0.2) is 0 Å². The van der Waals surface area contributed by atoms with Gasteiger partial charge >= 0.3 is 0 Å². The highest BCUT2D eigenvalue weighted by molar-refractivity contribution is 5.69. The lowest BCUT2D eigenvalue weighted by atomic mass is 9.61. The minimum atomic E-state index is 0.296. The molecule has 4 nitrogen and oxygen atoms in total. The smallest absolute Gasteiger partial charge is 0.122 e. The summed E-state index contributed by atoms with van der Waals surface area (Å²) in [5.41, 5.74) is 9.20. The van der Waals surface area contributed by atoms with Crippen molar-refractivity contribution < 1.29 is 18.9 Å². The van der Waals surface area contributed by atoms with Crippen LogP contribution < -0.4 is 9.47 Å². The first-order valence-corrected chi connectivity index (χ1v) is 20.2. The zero-order valence-corrected chi connectivity index (χ0v) is 30.4. The first-order valence-electron chi connectivity index (χ1n) is 20.2. The molecule has 4 heteroatoms. The van der Waals surface area contributed by atoms with Crippen molar-refractivity contribution in [2.75, 3.05) is 26.4 Å². The number of allylic oxidation sites excluding steroid dienone is 4. The molecule has 4 unspecified atom stereocenters. The van der Waals surface area contributed by atoms with Crippen molar-refractivity contribution in [1.29, 1.82) is 0 Å². The second-order valence-corrected chi connectivity index (χ2v) is 16.9. The van der Waals surface area contributed by atoms with E-state index in [2.05, 4.69) is 62.4 Å². The van der Waals surface area contributed by atoms with Crippen LogP contribution in [0.1, 0.15) is 151 Å². The summed E-state index contributed by atoms with van der Waals surface area (Å²) in [7, 11) is 0. The zero-order valence-electron chi connectivity index (χ0n) is 30.4. The third-order valence-corrected chi connectivity index (χ3v) is 13.4. The van der Waals surface area contributed by atoms with Crippen molar-refractivity contribution in [3.05, 3.63) is 70.8 Å². The van der Waals surface area contributed by atoms with Crippen molar-refractivity contribution in [2.24, 2.45) is 17.3 Å². The lowest BCUT2D eigenvalue weighted by Gasteiger charge is -2.44. The highest BCUT2D eigenvalue weighted by atomic mass is 16.6. The van der Waals surface area contributed by atoms with Gasteiger partial charge < -0.3 is 18.9 Å². The molecule has 2 saturated heterocycles. The predicted molar refractivity (Wildman–Crippen MR) is 199 cm³/mol. The van der Waals surface area contributed by atoms with E-state index in [4.69, 9.17) is 18.9 Å². The predicted octanol–water partition coefficient (Wildman–Crippen LogP) is 11.4. The molecule has 8 rings (SSSR count). The molecule has 0 bridgehead atoms. The van der Waals surface area contributed by atoms with Crippen LogP contribution >= 0.6 is 0 Å². The number of hydrogen-bond donors (Lipinski definition) is 0. The molecule has 264 valence electrons. The lowest BCUT2D eigenvalue weighted by Crippen LogP contribution is -2.34. The summed E-state index contributed by atoms with van der Waals surface area (Å²) in [6, 6.07) is 14.2. The van der Waals surface area contributed by atoms with Gasteiger partial charge in [0.25, 0.3) is 0 Å². The van der Waals surface area contributed by atoms with E-state index in [-0.39, 0.29) is 0 Å². The molecule has 6 aliphatic rings. The number of ether oxygens (including phenoxy) is 4. The minimum absolute atomic E-state index is 0.296. The quantitative estimate of drug-likeness (QED) is 0.212. The van der Waals surface area contributed by atoms with Gasteiger partial charge in [-0.1, -0.05) is 76.7 Å². The van der Waals surface area contributed by atoms with Gasteiger partial charge in [-0.2, -0.15) is 0 Å². The third-order valence-electron chi connectivity index (χ3n) is 13.4. The van der Waals surface area contributed by atoms with E-state index in [1.54, 1.807) is 11.1 Å². The van der Waals surface area contributed by atoms with E-state index in [1.807, 2.05) is 0 Å². The topological polar surface area (TPSA) is 43.5 Å². The average Bonchev–Trinajstić information content (AvgIpc) is 4.11. The fraction of sp³-hybridized carbons (Fsp3) is 0.644. The number of benzene rings is 2. The normalized spacial score (nSPS) is 28.0. The van der Waals surface area contributed by atoms with Crippen molar-refractivity contribution >= 4 is 11.1 Å². The Morgan fingerprint density at radius 2 is 1.02 bits per heavy atom. The number of hydrogen-bond acceptors (Lipinski definition) is 4. The Balaban J connectivity index is 0.927. The molecule has 2 heterocycles. The molecule has 4 aliphatic carbocycles. The van der Waals surface area contributed by atoms with Crippen LogP contribution in [0.4, 0.5) is 0 Å². The van der Waals surface area contributed by atoms with Gasteiger partial charge in [0, 0.05) is 0 Å². The third kappa shape index (κ3) is 8.01. The largest absolute Gasteiger partial charge is 0.490 e. The molecule has 0 N–H and O–H groups in total. The van der Waals surface area contributed by atoms with Crippen LogP contribution in [-0.2, 0) is 9.47 Å². The maximum Gasteiger partial charge on any atom is 0.122 e. The maximum absolute atomic E-state index is 6.32. The SMILES string of the molecule is CC(C)(C1CC=C(c2ccc(OCC3CO3)c(C3CCCCC3)c2)CC1)C1CC=C(c2ccc(OCC3CO3)c(C3CCCCC3)c2)CC1. The van der Waals surface area contributed by atoms with Crippen molar-refractivity contribution in [3.8, 4) is 11.5 Å². The first-order chi connectivity index (χ1) is 24.0. The Hall–Kier alpha value is -2.56. The van der Waals surface area contributed by atoms with Crippen LogP contribution in [-0.4, -0.2) is 38.6 Å². The van der Waals surface area contributed by atoms with Crippen LogP contribution in [0.5, 0.6) is 11.5 Å². The monoisotopic (exact) mass is 664 g/mol. The molecule has 4 atom stereocenters. The van der Waals surface area contributed by atoms with Gasteiger partial charge in [0.2, 0.25) is 0 Å². The molecule has 2 aliphatic heterocycles. The van der Waals surface area contributed by atoms with Gasteiger partial charge in [0.1, 0.15) is 36.9 Å². The number of epoxide rings is 2. The molecule has 0 radical (unpaired) electrons. The second kappa shape index (κ2) is 15.0. The number of rotatable bonds is 12. The van der Waals surface area contributed by atoms with Crippen LogP contribution in [0.2, 0.25) is 0 Å². The van der Waals surface area contributed by atoms with Crippen LogP contribution in [0, 0.1) is 17.3 Å². The van der Waals surface area contributed by atoms with Gasteiger partial charge in [0.05, 0.1) is 13.2 Å². The van der Waals surface area contributed by atoms with Crippen LogP contribution in [0.3, 0.4) is 0 Å². The summed E-state index contributed by atoms with van der Waals surface area (Å²) in [6.07, 6.45) is 26.5. The zero-order chi connectivity index (χ0) is 33.2. The summed E-state index contributed by atoms with van der Waals surface area (Å²) in [5.74, 6) is 4.95. The standard InChI is InChI=1S/C45H60O4/c1-45(2,37-19-13-31(14-20-37)35-17-23-43(48-29-39-27-46-39)41(25-35)33-9-5-3-6-10-33)38-21-15-32(16-22-38)36-18-24-44(49-30-40-28-47-40)42(26-36)34-11-7-4-8-12-34/h13,15,17-18,23-26,33-34,37-40H,3-12,14,16,19-22,27-30H2,1-2H3. The molecular formula is C45H60O4. The maximum atomic E-state index is 6.32. The Morgan fingerprint density at radius 3 is 1.39 bits per heavy atom. The van der Waals surface area contributed by atoms with E-state index in [0.717, 1.165) is 36.5 Å². The summed E-state index contributed by atoms with van der Waals surface area (Å²) in [6.45, 7) is 8.23. The Kier molecular flexibility index (Phi) is 10.3. The molecular weight excluding hydrogens is 604 g/mol. The molecule has 0 aromatic heterocycles. The van der Waals surface area contributed by atoms with Gasteiger partial charge in [-0.25, -0.2) is 0 Å². The molecule has 0 amide bonds. The van der Waals surface area contributed by atoms with Crippen LogP contribution in [0.25, 0.3) is 11.1 Å². The fourth-order valence-corrected chi connectivity index (χ4v) is 9.80. The summed E-state index contributed by atoms with van der Waals surface area (Å²) < 4.78 is 23.5.